The third-order valence-electron chi connectivity index (χ3n) is 16.3. The van der Waals surface area contributed by atoms with Crippen LogP contribution in [0, 0.1) is 35.3 Å². The van der Waals surface area contributed by atoms with Gasteiger partial charge in [0.1, 0.15) is 29.2 Å². The topological polar surface area (TPSA) is 184 Å². The predicted molar refractivity (Wildman–Crippen MR) is 413 cm³/mol. The molecule has 0 spiro atoms. The van der Waals surface area contributed by atoms with Crippen LogP contribution in [0.3, 0.4) is 0 Å². The van der Waals surface area contributed by atoms with Crippen molar-refractivity contribution in [2.24, 2.45) is 0 Å². The number of allylic oxidation sites excluding steroid dienone is 2. The van der Waals surface area contributed by atoms with E-state index in [0.29, 0.717) is 36.8 Å². The van der Waals surface area contributed by atoms with E-state index in [4.69, 9.17) is 41.5 Å². The molecule has 1 aromatic heterocycles. The largest absolute Gasteiger partial charge is 0.497 e. The highest BCUT2D eigenvalue weighted by molar-refractivity contribution is 7.99. The van der Waals surface area contributed by atoms with Crippen LogP contribution in [0.15, 0.2) is 245 Å². The number of hydrogen-bond donors (Lipinski definition) is 4. The van der Waals surface area contributed by atoms with Crippen molar-refractivity contribution in [3.63, 3.8) is 0 Å². The number of carboxylic acids is 4. The molecule has 0 saturated carbocycles. The van der Waals surface area contributed by atoms with Gasteiger partial charge in [-0.1, -0.05) is 144 Å². The molecule has 8 aromatic carbocycles. The zero-order chi connectivity index (χ0) is 76.5. The van der Waals surface area contributed by atoms with Crippen molar-refractivity contribution in [1.29, 1.82) is 0 Å². The first-order chi connectivity index (χ1) is 50.8. The second-order valence-corrected chi connectivity index (χ2v) is 27.1. The number of halogens is 5. The molecule has 3 atom stereocenters. The summed E-state index contributed by atoms with van der Waals surface area (Å²) in [6.45, 7) is 7.21. The first-order valence-corrected chi connectivity index (χ1v) is 35.8. The van der Waals surface area contributed by atoms with Gasteiger partial charge in [0.15, 0.2) is 0 Å². The Morgan fingerprint density at radius 3 is 1.63 bits per heavy atom. The quantitative estimate of drug-likeness (QED) is 0.0296. The lowest BCUT2D eigenvalue weighted by Gasteiger charge is -2.45. The molecule has 9 aromatic rings. The molecule has 1 aliphatic heterocycles. The van der Waals surface area contributed by atoms with Crippen molar-refractivity contribution in [3.8, 4) is 35.2 Å². The van der Waals surface area contributed by atoms with Crippen LogP contribution in [-0.4, -0.2) is 163 Å². The summed E-state index contributed by atoms with van der Waals surface area (Å²) in [5.74, 6) is 6.09. The fourth-order valence-corrected chi connectivity index (χ4v) is 12.6. The summed E-state index contributed by atoms with van der Waals surface area (Å²) >= 11 is 9.47. The van der Waals surface area contributed by atoms with Gasteiger partial charge in [0, 0.05) is 105 Å². The highest BCUT2D eigenvalue weighted by atomic mass is 35.5. The maximum Gasteiger partial charge on any atom is 0.317 e. The molecule has 552 valence electrons. The average Bonchev–Trinajstić information content (AvgIpc) is 0.858. The first kappa shape index (κ1) is 82.8. The molecule has 0 radical (unpaired) electrons. The number of ether oxygens (including phenoxy) is 2. The molecule has 10 rings (SSSR count). The normalized spacial score (nSPS) is 13.9. The Balaban J connectivity index is 0.000000200. The van der Waals surface area contributed by atoms with Crippen molar-refractivity contribution >= 4 is 75.4 Å². The Hall–Kier alpha value is -10.5. The molecule has 1 fully saturated rings. The van der Waals surface area contributed by atoms with Crippen molar-refractivity contribution in [2.45, 2.75) is 54.2 Å². The molecular formula is C84H84ClF4N5O10S2. The van der Waals surface area contributed by atoms with Gasteiger partial charge in [-0.2, -0.15) is 20.1 Å². The molecule has 0 bridgehead atoms. The predicted octanol–water partition coefficient (Wildman–Crippen LogP) is 16.5. The lowest BCUT2D eigenvalue weighted by molar-refractivity contribution is -0.139. The van der Waals surface area contributed by atoms with Gasteiger partial charge in [-0.3, -0.25) is 38.8 Å². The smallest absolute Gasteiger partial charge is 0.317 e. The summed E-state index contributed by atoms with van der Waals surface area (Å²) in [5.41, 5.74) is 6.84. The number of piperazine rings is 1. The summed E-state index contributed by atoms with van der Waals surface area (Å²) in [5, 5.41) is 40.2. The molecular weight excluding hydrogens is 1410 g/mol. The van der Waals surface area contributed by atoms with Crippen molar-refractivity contribution in [2.75, 3.05) is 92.1 Å². The van der Waals surface area contributed by atoms with Gasteiger partial charge in [0.25, 0.3) is 5.92 Å². The third kappa shape index (κ3) is 28.2. The molecule has 3 unspecified atom stereocenters. The highest BCUT2D eigenvalue weighted by Gasteiger charge is 2.35. The Bertz CT molecular complexity index is 4460. The Morgan fingerprint density at radius 1 is 0.604 bits per heavy atom. The third-order valence-corrected chi connectivity index (χ3v) is 18.2. The molecule has 22 heteroatoms. The molecule has 2 heterocycles. The minimum atomic E-state index is -3.29. The number of carboxylic acid groups (broad SMARTS) is 4. The van der Waals surface area contributed by atoms with E-state index in [1.54, 1.807) is 96.4 Å². The van der Waals surface area contributed by atoms with Gasteiger partial charge in [0.05, 0.1) is 39.0 Å². The zero-order valence-corrected chi connectivity index (χ0v) is 61.9. The fourth-order valence-electron chi connectivity index (χ4n) is 10.8. The number of thiophene rings is 1. The number of carbonyl (C=O) groups is 4. The Kier molecular flexibility index (Phi) is 33.2. The lowest BCUT2D eigenvalue weighted by atomic mass is 10.0. The molecule has 1 aliphatic rings. The summed E-state index contributed by atoms with van der Waals surface area (Å²) in [4.78, 5) is 55.4. The minimum Gasteiger partial charge on any atom is -0.497 e. The van der Waals surface area contributed by atoms with Gasteiger partial charge in [-0.25, -0.2) is 8.78 Å². The maximum absolute atomic E-state index is 14.8. The SMILES string of the molecule is CN(C/C=C(/C#Cc1ccc(F)cc1)c1ccccc1)CC(=O)O.CN(C/C=C(/C#Cc1ccsc1)c1ccccc1)CC(=O)O.CN(CCC(Oc1ccc(C(F)(F)c2ccc(F)cc2)cc1)c1cccc(Cl)c1)CC(=O)O.COc1ccc(Sc2ccccc2N2CC(C)N(CC(=O)O)CC2C)cc1. The number of alkyl halides is 2. The average molecular weight is 1500 g/mol. The van der Waals surface area contributed by atoms with Crippen molar-refractivity contribution in [1.82, 2.24) is 19.6 Å². The van der Waals surface area contributed by atoms with E-state index in [1.807, 2.05) is 113 Å². The molecule has 4 N–H and O–H groups in total. The number of methoxy groups -OCH3 is 1. The van der Waals surface area contributed by atoms with Crippen LogP contribution in [0.25, 0.3) is 11.1 Å². The van der Waals surface area contributed by atoms with Gasteiger partial charge in [-0.15, -0.1) is 0 Å². The zero-order valence-electron chi connectivity index (χ0n) is 59.5. The number of hydrogen-bond acceptors (Lipinski definition) is 13. The summed E-state index contributed by atoms with van der Waals surface area (Å²) in [6.07, 6.45) is 3.85. The number of benzene rings is 8. The van der Waals surface area contributed by atoms with E-state index in [-0.39, 0.29) is 55.2 Å². The van der Waals surface area contributed by atoms with Crippen LogP contribution in [0.2, 0.25) is 5.02 Å². The van der Waals surface area contributed by atoms with Crippen molar-refractivity contribution < 1.29 is 66.6 Å². The number of likely N-dealkylation sites (N-methyl/N-ethyl adjacent to an activating group) is 3. The minimum absolute atomic E-state index is 0.0104. The van der Waals surface area contributed by atoms with Crippen LogP contribution < -0.4 is 14.4 Å². The second kappa shape index (κ2) is 42.5. The fraction of sp³-hybridized carbons (Fsp3) is 0.238. The molecule has 106 heavy (non-hydrogen) atoms. The van der Waals surface area contributed by atoms with E-state index in [1.165, 1.54) is 47.0 Å². The van der Waals surface area contributed by atoms with E-state index >= 15 is 0 Å². The van der Waals surface area contributed by atoms with Crippen LogP contribution >= 0.6 is 34.7 Å². The van der Waals surface area contributed by atoms with Crippen molar-refractivity contribution in [3.05, 3.63) is 291 Å². The number of para-hydroxylation sites is 1. The van der Waals surface area contributed by atoms with Crippen LogP contribution in [0.5, 0.6) is 11.5 Å². The molecule has 15 nitrogen and oxygen atoms in total. The Labute approximate surface area is 630 Å². The van der Waals surface area contributed by atoms with Crippen LogP contribution in [-0.2, 0) is 25.1 Å². The van der Waals surface area contributed by atoms with Crippen LogP contribution in [0.1, 0.15) is 65.3 Å². The molecule has 1 saturated heterocycles. The maximum atomic E-state index is 14.8. The monoisotopic (exact) mass is 1500 g/mol. The number of anilines is 1. The van der Waals surface area contributed by atoms with Gasteiger partial charge in [-0.05, 0) is 184 Å². The lowest BCUT2D eigenvalue weighted by Crippen LogP contribution is -2.57. The number of nitrogens with zero attached hydrogens (tertiary/aromatic N) is 5. The number of aliphatic carboxylic acids is 4. The van der Waals surface area contributed by atoms with Gasteiger partial charge in [0.2, 0.25) is 0 Å². The summed E-state index contributed by atoms with van der Waals surface area (Å²) in [6, 6.07) is 61.1. The standard InChI is InChI=1S/C25H23ClF3NO3.C21H26N2O3S.C20H18FNO2.C18H17NO2S/c1-30(16-24(31)32)14-13-23(17-3-2-4-20(26)15-17)33-22-11-7-19(8-12-22)25(28,29)18-5-9-21(27)10-6-18;1-15-13-23(16(2)12-22(15)14-21(24)25)19-6-4-5-7-20(19)27-18-10-8-17(26-3)9-11-18;1-22(15-20(23)24)14-13-18(17-5-3-2-4-6-17)10-7-16-8-11-19(21)12-9-16;1-19(13-18(20)21)11-9-17(16-5-3-2-4-6-16)8-7-15-10-12-22-14-15/h2-12,15,23H,13-14,16H2,1H3,(H,31,32);4-11,15-16H,12-14H2,1-3H3,(H,24,25);2-6,8-9,11-13H,14-15H2,1H3,(H,23,24);2-6,9-10,12,14H,11,13H2,1H3,(H,20,21)/b;;18-13-;17-9-. The number of rotatable bonds is 26. The Morgan fingerprint density at radius 2 is 1.11 bits per heavy atom. The molecule has 0 amide bonds. The molecule has 0 aliphatic carbocycles. The second-order valence-electron chi connectivity index (χ2n) is 24.8. The van der Waals surface area contributed by atoms with E-state index in [0.717, 1.165) is 87.0 Å². The van der Waals surface area contributed by atoms with Gasteiger partial charge < -0.3 is 34.8 Å². The summed E-state index contributed by atoms with van der Waals surface area (Å²) in [7, 11) is 6.87. The van der Waals surface area contributed by atoms with E-state index in [2.05, 4.69) is 78.8 Å². The van der Waals surface area contributed by atoms with E-state index < -0.39 is 41.7 Å². The summed E-state index contributed by atoms with van der Waals surface area (Å²) < 4.78 is 67.0. The first-order valence-electron chi connectivity index (χ1n) is 33.7. The highest BCUT2D eigenvalue weighted by Crippen LogP contribution is 2.39. The van der Waals surface area contributed by atoms with Gasteiger partial charge >= 0.3 is 23.9 Å². The van der Waals surface area contributed by atoms with Crippen LogP contribution in [0.4, 0.5) is 23.2 Å². The van der Waals surface area contributed by atoms with E-state index in [9.17, 15) is 36.7 Å².